The molecule has 0 aromatic carbocycles. The molecule has 0 radical (unpaired) electrons. The molecule has 0 rings (SSSR count). The molecule has 0 aliphatic heterocycles. The Morgan fingerprint density at radius 1 is 0.800 bits per heavy atom. The van der Waals surface area contributed by atoms with Crippen molar-refractivity contribution in [2.45, 2.75) is 79.4 Å². The minimum atomic E-state index is -0.892. The second kappa shape index (κ2) is 10.5. The van der Waals surface area contributed by atoms with E-state index in [1.807, 2.05) is 0 Å². The zero-order chi connectivity index (χ0) is 15.8. The Hall–Kier alpha value is 1.77. The van der Waals surface area contributed by atoms with Gasteiger partial charge in [0, 0.05) is 0 Å². The molecule has 0 aliphatic rings. The Morgan fingerprint density at radius 2 is 1.15 bits per heavy atom. The van der Waals surface area contributed by atoms with Crippen LogP contribution in [0, 0.1) is 0 Å². The molecule has 0 amide bonds. The number of halogens is 2. The van der Waals surface area contributed by atoms with Gasteiger partial charge < -0.3 is 0 Å². The molecule has 0 aliphatic carbocycles. The summed E-state index contributed by atoms with van der Waals surface area (Å²) in [5.74, 6) is 0. The van der Waals surface area contributed by atoms with Gasteiger partial charge in [-0.2, -0.15) is 0 Å². The Labute approximate surface area is 149 Å². The summed E-state index contributed by atoms with van der Waals surface area (Å²) in [6.45, 7) is 17.3. The Bertz CT molecular complexity index is 231. The Morgan fingerprint density at radius 3 is 1.40 bits per heavy atom. The predicted octanol–water partition coefficient (Wildman–Crippen LogP) is -1.03. The van der Waals surface area contributed by atoms with Crippen LogP contribution in [0.5, 0.6) is 0 Å². The van der Waals surface area contributed by atoms with E-state index in [-0.39, 0.29) is 54.2 Å². The average Bonchev–Trinajstić information content (AvgIpc) is 2.24. The van der Waals surface area contributed by atoms with Gasteiger partial charge in [0.15, 0.2) is 0 Å². The van der Waals surface area contributed by atoms with Crippen LogP contribution in [0.15, 0.2) is 0 Å². The topological polar surface area (TPSA) is 21.7 Å². The second-order valence-electron chi connectivity index (χ2n) is 6.48. The first-order valence-electron chi connectivity index (χ1n) is 7.26. The molecule has 20 heavy (non-hydrogen) atoms. The van der Waals surface area contributed by atoms with Crippen molar-refractivity contribution in [1.29, 1.82) is 0 Å². The Balaban J connectivity index is 4.86. The summed E-state index contributed by atoms with van der Waals surface area (Å²) >= 11 is 0.115. The third kappa shape index (κ3) is 12.3. The first kappa shape index (κ1) is 21.8. The summed E-state index contributed by atoms with van der Waals surface area (Å²) in [6.07, 6.45) is 2.54. The fourth-order valence-corrected chi connectivity index (χ4v) is 11.4. The standard InChI is InChI=1S/C14H32I2NO2P/c1-9-11-15-17(16-12-10-2)20(18-13(3,4)5)19-14(6,7)8/h9-12H2,1-8H3/q-2. The molecule has 0 atom stereocenters. The van der Waals surface area contributed by atoms with Crippen LogP contribution in [0.4, 0.5) is 0 Å². The minimum absolute atomic E-state index is 0.0577. The molecule has 0 bridgehead atoms. The van der Waals surface area contributed by atoms with E-state index in [0.717, 1.165) is 0 Å². The van der Waals surface area contributed by atoms with Crippen LogP contribution in [0.2, 0.25) is 0 Å². The van der Waals surface area contributed by atoms with Gasteiger partial charge in [0.1, 0.15) is 0 Å². The Kier molecular flexibility index (Phi) is 11.5. The summed E-state index contributed by atoms with van der Waals surface area (Å²) in [5.41, 5.74) is -0.276. The molecule has 6 heteroatoms. The van der Waals surface area contributed by atoms with E-state index in [9.17, 15) is 0 Å². The van der Waals surface area contributed by atoms with E-state index in [1.54, 1.807) is 0 Å². The fourth-order valence-electron chi connectivity index (χ4n) is 0.977. The third-order valence-electron chi connectivity index (χ3n) is 1.57. The van der Waals surface area contributed by atoms with Crippen LogP contribution >= 0.6 is 8.53 Å². The quantitative estimate of drug-likeness (QED) is 0.165. The van der Waals surface area contributed by atoms with Gasteiger partial charge in [0.25, 0.3) is 0 Å². The van der Waals surface area contributed by atoms with E-state index in [4.69, 9.17) is 9.05 Å². The molecule has 0 spiro atoms. The summed E-state index contributed by atoms with van der Waals surface area (Å²) in [6, 6.07) is 0. The first-order chi connectivity index (χ1) is 9.09. The SMILES string of the molecule is CCC[I-]N([I-]CCC)P(OC(C)(C)C)OC(C)(C)C. The normalized spacial score (nSPS) is 13.9. The van der Waals surface area contributed by atoms with Gasteiger partial charge in [-0.25, -0.2) is 0 Å². The number of rotatable bonds is 9. The number of nitrogens with zero attached hydrogens (tertiary/aromatic N) is 1. The van der Waals surface area contributed by atoms with Crippen molar-refractivity contribution in [3.8, 4) is 0 Å². The molecule has 0 aromatic heterocycles. The maximum atomic E-state index is 6.29. The summed E-state index contributed by atoms with van der Waals surface area (Å²) < 4.78 is 17.9. The molecular weight excluding hydrogens is 499 g/mol. The van der Waals surface area contributed by atoms with E-state index in [2.05, 4.69) is 56.5 Å². The molecule has 0 aromatic rings. The van der Waals surface area contributed by atoms with Gasteiger partial charge in [-0.3, -0.25) is 0 Å². The van der Waals surface area contributed by atoms with Gasteiger partial charge >= 0.3 is 150 Å². The van der Waals surface area contributed by atoms with Crippen molar-refractivity contribution in [3.05, 3.63) is 0 Å². The summed E-state index contributed by atoms with van der Waals surface area (Å²) in [5, 5.41) is 0. The molecular formula is C14H32I2NO2P-2. The third-order valence-corrected chi connectivity index (χ3v) is 14.5. The fraction of sp³-hybridized carbons (Fsp3) is 1.00. The van der Waals surface area contributed by atoms with Gasteiger partial charge in [0.2, 0.25) is 0 Å². The molecule has 3 nitrogen and oxygen atoms in total. The zero-order valence-electron chi connectivity index (χ0n) is 14.3. The van der Waals surface area contributed by atoms with Crippen molar-refractivity contribution in [3.63, 3.8) is 0 Å². The van der Waals surface area contributed by atoms with E-state index < -0.39 is 8.53 Å². The molecule has 126 valence electrons. The molecule has 0 saturated heterocycles. The van der Waals surface area contributed by atoms with Gasteiger partial charge in [0.05, 0.1) is 0 Å². The molecule has 0 saturated carbocycles. The van der Waals surface area contributed by atoms with Crippen LogP contribution in [-0.2, 0) is 9.05 Å². The first-order valence-corrected chi connectivity index (χ1v) is 13.4. The number of hydrogen-bond acceptors (Lipinski definition) is 3. The monoisotopic (exact) mass is 531 g/mol. The van der Waals surface area contributed by atoms with Gasteiger partial charge in [-0.1, -0.05) is 0 Å². The summed E-state index contributed by atoms with van der Waals surface area (Å²) in [4.78, 5) is 0. The van der Waals surface area contributed by atoms with Crippen molar-refractivity contribution in [1.82, 2.24) is 1.10 Å². The van der Waals surface area contributed by atoms with Crippen LogP contribution < -0.4 is 43.0 Å². The number of alkyl halides is 2. The van der Waals surface area contributed by atoms with Gasteiger partial charge in [-0.15, -0.1) is 0 Å². The predicted molar refractivity (Wildman–Crippen MR) is 80.8 cm³/mol. The second-order valence-corrected chi connectivity index (χ2v) is 16.5. The average molecular weight is 531 g/mol. The maximum absolute atomic E-state index is 6.29. The zero-order valence-corrected chi connectivity index (χ0v) is 19.5. The molecule has 0 fully saturated rings. The molecule has 0 unspecified atom stereocenters. The number of hydrogen-bond donors (Lipinski definition) is 0. The van der Waals surface area contributed by atoms with E-state index >= 15 is 0 Å². The van der Waals surface area contributed by atoms with Crippen LogP contribution in [0.3, 0.4) is 0 Å². The van der Waals surface area contributed by atoms with Crippen molar-refractivity contribution >= 4 is 8.53 Å². The van der Waals surface area contributed by atoms with Gasteiger partial charge in [-0.05, 0) is 0 Å². The van der Waals surface area contributed by atoms with Crippen molar-refractivity contribution in [2.24, 2.45) is 0 Å². The van der Waals surface area contributed by atoms with E-state index in [0.29, 0.717) is 0 Å². The molecule has 0 N–H and O–H groups in total. The van der Waals surface area contributed by atoms with Crippen LogP contribution in [-0.4, -0.2) is 21.2 Å². The van der Waals surface area contributed by atoms with Crippen molar-refractivity contribution < 1.29 is 52.0 Å². The summed E-state index contributed by atoms with van der Waals surface area (Å²) in [7, 11) is -0.892. The van der Waals surface area contributed by atoms with E-state index in [1.165, 1.54) is 21.7 Å². The van der Waals surface area contributed by atoms with Crippen LogP contribution in [0.1, 0.15) is 68.2 Å². The molecule has 0 heterocycles. The van der Waals surface area contributed by atoms with Crippen molar-refractivity contribution in [2.75, 3.05) is 8.86 Å². The van der Waals surface area contributed by atoms with Crippen LogP contribution in [0.25, 0.3) is 0 Å².